The molecule has 0 saturated heterocycles. The van der Waals surface area contributed by atoms with E-state index >= 15 is 0 Å². The first-order chi connectivity index (χ1) is 10.0. The smallest absolute Gasteiger partial charge is 0.327 e. The summed E-state index contributed by atoms with van der Waals surface area (Å²) in [5.74, 6) is 0.0701. The van der Waals surface area contributed by atoms with Gasteiger partial charge in [-0.2, -0.15) is 4.80 Å². The molecule has 0 spiro atoms. The molecule has 2 aromatic rings. The average molecular weight is 313 g/mol. The molecule has 21 heavy (non-hydrogen) atoms. The molecule has 0 unspecified atom stereocenters. The number of tetrazole rings is 1. The van der Waals surface area contributed by atoms with Crippen LogP contribution in [0.2, 0.25) is 5.02 Å². The van der Waals surface area contributed by atoms with Gasteiger partial charge < -0.3 is 14.6 Å². The van der Waals surface area contributed by atoms with Gasteiger partial charge in [0.05, 0.1) is 18.7 Å². The number of methoxy groups -OCH3 is 1. The van der Waals surface area contributed by atoms with Gasteiger partial charge in [0.15, 0.2) is 18.0 Å². The van der Waals surface area contributed by atoms with E-state index in [-0.39, 0.29) is 12.4 Å². The van der Waals surface area contributed by atoms with Gasteiger partial charge in [0.25, 0.3) is 0 Å². The van der Waals surface area contributed by atoms with Crippen LogP contribution >= 0.6 is 11.6 Å². The summed E-state index contributed by atoms with van der Waals surface area (Å²) in [6.07, 6.45) is 0. The maximum atomic E-state index is 10.6. The molecular formula is C12H13ClN4O4. The number of halogens is 1. The Morgan fingerprint density at radius 2 is 2.24 bits per heavy atom. The third-order valence-electron chi connectivity index (χ3n) is 2.50. The monoisotopic (exact) mass is 312 g/mol. The SMILES string of the molecule is CCOc1cc(-c2nnn(CC(=O)O)n2)cc(Cl)c1OC. The molecule has 0 aliphatic heterocycles. The Morgan fingerprint density at radius 1 is 1.48 bits per heavy atom. The van der Waals surface area contributed by atoms with Crippen molar-refractivity contribution in [1.82, 2.24) is 20.2 Å². The van der Waals surface area contributed by atoms with Crippen molar-refractivity contribution in [1.29, 1.82) is 0 Å². The van der Waals surface area contributed by atoms with Crippen molar-refractivity contribution in [3.05, 3.63) is 17.2 Å². The lowest BCUT2D eigenvalue weighted by Gasteiger charge is -2.11. The van der Waals surface area contributed by atoms with Crippen LogP contribution in [0, 0.1) is 0 Å². The van der Waals surface area contributed by atoms with Gasteiger partial charge in [-0.25, -0.2) is 0 Å². The largest absolute Gasteiger partial charge is 0.491 e. The summed E-state index contributed by atoms with van der Waals surface area (Å²) in [5.41, 5.74) is 0.556. The quantitative estimate of drug-likeness (QED) is 0.862. The number of benzene rings is 1. The van der Waals surface area contributed by atoms with Crippen LogP contribution in [0.25, 0.3) is 11.4 Å². The highest BCUT2D eigenvalue weighted by Crippen LogP contribution is 2.38. The zero-order valence-electron chi connectivity index (χ0n) is 11.4. The number of nitrogens with zero attached hydrogens (tertiary/aromatic N) is 4. The predicted molar refractivity (Wildman–Crippen MR) is 73.6 cm³/mol. The number of carboxylic acids is 1. The van der Waals surface area contributed by atoms with Crippen LogP contribution in [0.1, 0.15) is 6.92 Å². The molecule has 0 bridgehead atoms. The fourth-order valence-corrected chi connectivity index (χ4v) is 1.99. The van der Waals surface area contributed by atoms with Crippen molar-refractivity contribution >= 4 is 17.6 Å². The number of ether oxygens (including phenoxy) is 2. The van der Waals surface area contributed by atoms with Crippen LogP contribution in [0.15, 0.2) is 12.1 Å². The van der Waals surface area contributed by atoms with Gasteiger partial charge in [0, 0.05) is 5.56 Å². The van der Waals surface area contributed by atoms with Gasteiger partial charge in [-0.15, -0.1) is 10.2 Å². The Morgan fingerprint density at radius 3 is 2.86 bits per heavy atom. The van der Waals surface area contributed by atoms with Crippen molar-refractivity contribution in [2.75, 3.05) is 13.7 Å². The van der Waals surface area contributed by atoms with Gasteiger partial charge in [-0.05, 0) is 24.3 Å². The fourth-order valence-electron chi connectivity index (χ4n) is 1.70. The van der Waals surface area contributed by atoms with E-state index in [9.17, 15) is 4.79 Å². The first-order valence-electron chi connectivity index (χ1n) is 6.05. The zero-order chi connectivity index (χ0) is 15.4. The zero-order valence-corrected chi connectivity index (χ0v) is 12.2. The minimum atomic E-state index is -1.05. The Hall–Kier alpha value is -2.35. The summed E-state index contributed by atoms with van der Waals surface area (Å²) >= 11 is 6.13. The maximum Gasteiger partial charge on any atom is 0.327 e. The van der Waals surface area contributed by atoms with Crippen LogP contribution in [-0.4, -0.2) is 45.0 Å². The van der Waals surface area contributed by atoms with E-state index in [1.807, 2.05) is 6.92 Å². The Kier molecular flexibility index (Phi) is 4.59. The highest BCUT2D eigenvalue weighted by atomic mass is 35.5. The Labute approximate surface area is 125 Å². The van der Waals surface area contributed by atoms with Crippen molar-refractivity contribution in [3.63, 3.8) is 0 Å². The molecule has 0 radical (unpaired) electrons. The van der Waals surface area contributed by atoms with E-state index < -0.39 is 5.97 Å². The molecule has 2 rings (SSSR count). The lowest BCUT2D eigenvalue weighted by molar-refractivity contribution is -0.138. The maximum absolute atomic E-state index is 10.6. The van der Waals surface area contributed by atoms with Crippen molar-refractivity contribution in [3.8, 4) is 22.9 Å². The first kappa shape index (κ1) is 15.0. The Balaban J connectivity index is 2.39. The van der Waals surface area contributed by atoms with Crippen LogP contribution in [0.4, 0.5) is 0 Å². The minimum absolute atomic E-state index is 0.252. The number of hydrogen-bond acceptors (Lipinski definition) is 6. The average Bonchev–Trinajstić information content (AvgIpc) is 2.86. The highest BCUT2D eigenvalue weighted by Gasteiger charge is 2.15. The molecule has 0 aliphatic carbocycles. The summed E-state index contributed by atoms with van der Waals surface area (Å²) in [5, 5.41) is 20.5. The van der Waals surface area contributed by atoms with Crippen LogP contribution in [0.3, 0.4) is 0 Å². The predicted octanol–water partition coefficient (Wildman–Crippen LogP) is 1.49. The van der Waals surface area contributed by atoms with Crippen molar-refractivity contribution in [2.24, 2.45) is 0 Å². The topological polar surface area (TPSA) is 99.4 Å². The first-order valence-corrected chi connectivity index (χ1v) is 6.43. The molecule has 112 valence electrons. The van der Waals surface area contributed by atoms with E-state index in [4.69, 9.17) is 26.2 Å². The number of aromatic nitrogens is 4. The molecule has 1 N–H and O–H groups in total. The van der Waals surface area contributed by atoms with E-state index in [0.29, 0.717) is 28.7 Å². The van der Waals surface area contributed by atoms with E-state index in [1.54, 1.807) is 12.1 Å². The summed E-state index contributed by atoms with van der Waals surface area (Å²) < 4.78 is 10.6. The molecule has 0 fully saturated rings. The second-order valence-electron chi connectivity index (χ2n) is 3.96. The van der Waals surface area contributed by atoms with Crippen molar-refractivity contribution in [2.45, 2.75) is 13.5 Å². The highest BCUT2D eigenvalue weighted by molar-refractivity contribution is 6.32. The number of aliphatic carboxylic acids is 1. The van der Waals surface area contributed by atoms with Crippen LogP contribution < -0.4 is 9.47 Å². The summed E-state index contributed by atoms with van der Waals surface area (Å²) in [7, 11) is 1.49. The van der Waals surface area contributed by atoms with Gasteiger partial charge in [-0.1, -0.05) is 11.6 Å². The number of rotatable bonds is 6. The molecule has 0 saturated carbocycles. The van der Waals surface area contributed by atoms with E-state index in [0.717, 1.165) is 4.80 Å². The molecular weight excluding hydrogens is 300 g/mol. The van der Waals surface area contributed by atoms with E-state index in [1.165, 1.54) is 7.11 Å². The second kappa shape index (κ2) is 6.40. The lowest BCUT2D eigenvalue weighted by Crippen LogP contribution is -2.11. The lowest BCUT2D eigenvalue weighted by atomic mass is 10.2. The molecule has 1 aromatic heterocycles. The molecule has 1 heterocycles. The van der Waals surface area contributed by atoms with Gasteiger partial charge >= 0.3 is 5.97 Å². The number of carboxylic acid groups (broad SMARTS) is 1. The summed E-state index contributed by atoms with van der Waals surface area (Å²) in [6, 6.07) is 3.27. The fraction of sp³-hybridized carbons (Fsp3) is 0.333. The summed E-state index contributed by atoms with van der Waals surface area (Å²) in [4.78, 5) is 11.6. The van der Waals surface area contributed by atoms with E-state index in [2.05, 4.69) is 15.4 Å². The normalized spacial score (nSPS) is 10.4. The van der Waals surface area contributed by atoms with Crippen LogP contribution in [0.5, 0.6) is 11.5 Å². The molecule has 8 nitrogen and oxygen atoms in total. The summed E-state index contributed by atoms with van der Waals surface area (Å²) in [6.45, 7) is 1.91. The molecule has 0 amide bonds. The van der Waals surface area contributed by atoms with Crippen LogP contribution in [-0.2, 0) is 11.3 Å². The number of hydrogen-bond donors (Lipinski definition) is 1. The van der Waals surface area contributed by atoms with Gasteiger partial charge in [0.1, 0.15) is 0 Å². The van der Waals surface area contributed by atoms with Gasteiger partial charge in [0.2, 0.25) is 5.82 Å². The third-order valence-corrected chi connectivity index (χ3v) is 2.78. The minimum Gasteiger partial charge on any atom is -0.491 e. The standard InChI is InChI=1S/C12H13ClN4O4/c1-3-21-9-5-7(4-8(13)11(9)20-2)12-14-16-17(15-12)6-10(18)19/h4-5H,3,6H2,1-2H3,(H,18,19). The molecule has 1 aromatic carbocycles. The molecule has 0 atom stereocenters. The van der Waals surface area contributed by atoms with Gasteiger partial charge in [-0.3, -0.25) is 4.79 Å². The molecule has 9 heteroatoms. The third kappa shape index (κ3) is 3.40. The number of carbonyl (C=O) groups is 1. The molecule has 0 aliphatic rings. The van der Waals surface area contributed by atoms with Crippen molar-refractivity contribution < 1.29 is 19.4 Å². The second-order valence-corrected chi connectivity index (χ2v) is 4.37. The Bertz CT molecular complexity index is 659.